The SMILES string of the molecule is COc1ccc(Cc2cnc(N[N+](=O)[O-])[nH]c2=O)cn1. The molecule has 0 atom stereocenters. The summed E-state index contributed by atoms with van der Waals surface area (Å²) in [6, 6.07) is 3.45. The Morgan fingerprint density at radius 2 is 2.20 bits per heavy atom. The van der Waals surface area contributed by atoms with Gasteiger partial charge in [-0.2, -0.15) is 0 Å². The van der Waals surface area contributed by atoms with Gasteiger partial charge in [-0.1, -0.05) is 11.5 Å². The molecule has 9 nitrogen and oxygen atoms in total. The van der Waals surface area contributed by atoms with Gasteiger partial charge in [0.2, 0.25) is 5.88 Å². The second-order valence-corrected chi connectivity index (χ2v) is 3.84. The van der Waals surface area contributed by atoms with Crippen LogP contribution in [0.5, 0.6) is 5.88 Å². The van der Waals surface area contributed by atoms with Gasteiger partial charge in [-0.15, -0.1) is 0 Å². The molecule has 2 N–H and O–H groups in total. The third-order valence-corrected chi connectivity index (χ3v) is 2.47. The minimum Gasteiger partial charge on any atom is -0.481 e. The maximum Gasteiger partial charge on any atom is 0.265 e. The van der Waals surface area contributed by atoms with Crippen molar-refractivity contribution in [1.82, 2.24) is 15.0 Å². The Morgan fingerprint density at radius 1 is 1.40 bits per heavy atom. The summed E-state index contributed by atoms with van der Waals surface area (Å²) in [6.07, 6.45) is 3.19. The van der Waals surface area contributed by atoms with Crippen LogP contribution >= 0.6 is 0 Å². The number of hydrazine groups is 1. The number of pyridine rings is 1. The van der Waals surface area contributed by atoms with Gasteiger partial charge in [0.15, 0.2) is 5.03 Å². The lowest BCUT2D eigenvalue weighted by Gasteiger charge is -2.03. The second kappa shape index (κ2) is 5.78. The van der Waals surface area contributed by atoms with E-state index in [4.69, 9.17) is 4.74 Å². The standard InChI is InChI=1S/C11H11N5O4/c1-20-9-3-2-7(5-12-9)4-8-6-13-11(14-10(8)17)15-16(18)19/h2-3,5-6H,4H2,1H3,(H2,13,14,15,17). The maximum atomic E-state index is 11.7. The quantitative estimate of drug-likeness (QED) is 0.597. The summed E-state index contributed by atoms with van der Waals surface area (Å²) in [6.45, 7) is 0. The first-order chi connectivity index (χ1) is 9.58. The fourth-order valence-electron chi connectivity index (χ4n) is 1.55. The van der Waals surface area contributed by atoms with Crippen molar-refractivity contribution in [2.75, 3.05) is 12.5 Å². The first-order valence-electron chi connectivity index (χ1n) is 5.56. The van der Waals surface area contributed by atoms with Gasteiger partial charge in [-0.3, -0.25) is 9.78 Å². The predicted octanol–water partition coefficient (Wildman–Crippen LogP) is 0.368. The van der Waals surface area contributed by atoms with Gasteiger partial charge in [0.05, 0.1) is 7.11 Å². The van der Waals surface area contributed by atoms with Gasteiger partial charge in [-0.05, 0) is 5.56 Å². The highest BCUT2D eigenvalue weighted by molar-refractivity contribution is 5.26. The maximum absolute atomic E-state index is 11.7. The molecule has 0 aromatic carbocycles. The van der Waals surface area contributed by atoms with Gasteiger partial charge in [0.25, 0.3) is 11.5 Å². The summed E-state index contributed by atoms with van der Waals surface area (Å²) < 4.78 is 4.93. The average molecular weight is 277 g/mol. The molecule has 20 heavy (non-hydrogen) atoms. The van der Waals surface area contributed by atoms with Gasteiger partial charge in [-0.25, -0.2) is 20.1 Å². The molecule has 104 valence electrons. The fraction of sp³-hybridized carbons (Fsp3) is 0.182. The molecule has 2 aromatic heterocycles. The van der Waals surface area contributed by atoms with Crippen LogP contribution in [-0.2, 0) is 6.42 Å². The van der Waals surface area contributed by atoms with Crippen LogP contribution in [0.4, 0.5) is 5.95 Å². The minimum absolute atomic E-state index is 0.211. The highest BCUT2D eigenvalue weighted by Gasteiger charge is 2.07. The summed E-state index contributed by atoms with van der Waals surface area (Å²) in [4.78, 5) is 32.0. The van der Waals surface area contributed by atoms with Crippen molar-refractivity contribution in [2.45, 2.75) is 6.42 Å². The summed E-state index contributed by atoms with van der Waals surface area (Å²) in [5.41, 5.74) is 2.51. The van der Waals surface area contributed by atoms with Crippen molar-refractivity contribution in [3.63, 3.8) is 0 Å². The minimum atomic E-state index is -0.800. The van der Waals surface area contributed by atoms with Crippen LogP contribution in [0.25, 0.3) is 0 Å². The Kier molecular flexibility index (Phi) is 3.89. The number of nitro groups is 1. The number of rotatable bonds is 5. The lowest BCUT2D eigenvalue weighted by atomic mass is 10.1. The van der Waals surface area contributed by atoms with Crippen molar-refractivity contribution in [3.8, 4) is 5.88 Å². The molecule has 0 spiro atoms. The summed E-state index contributed by atoms with van der Waals surface area (Å²) >= 11 is 0. The zero-order chi connectivity index (χ0) is 14.5. The molecule has 2 aromatic rings. The van der Waals surface area contributed by atoms with Crippen molar-refractivity contribution in [3.05, 3.63) is 56.1 Å². The van der Waals surface area contributed by atoms with Gasteiger partial charge in [0, 0.05) is 30.4 Å². The van der Waals surface area contributed by atoms with Crippen LogP contribution in [0.1, 0.15) is 11.1 Å². The molecule has 0 unspecified atom stereocenters. The number of nitrogens with zero attached hydrogens (tertiary/aromatic N) is 3. The summed E-state index contributed by atoms with van der Waals surface area (Å²) in [5, 5.41) is 9.43. The van der Waals surface area contributed by atoms with E-state index >= 15 is 0 Å². The number of anilines is 1. The van der Waals surface area contributed by atoms with Crippen molar-refractivity contribution in [1.29, 1.82) is 0 Å². The molecule has 0 aliphatic rings. The number of ether oxygens (including phenoxy) is 1. The molecule has 0 saturated heterocycles. The Bertz CT molecular complexity index is 667. The Morgan fingerprint density at radius 3 is 2.75 bits per heavy atom. The first-order valence-corrected chi connectivity index (χ1v) is 5.56. The third-order valence-electron chi connectivity index (χ3n) is 2.47. The molecule has 2 heterocycles. The Balaban J connectivity index is 2.16. The highest BCUT2D eigenvalue weighted by Crippen LogP contribution is 2.09. The third kappa shape index (κ3) is 3.28. The zero-order valence-corrected chi connectivity index (χ0v) is 10.5. The smallest absolute Gasteiger partial charge is 0.265 e. The van der Waals surface area contributed by atoms with Crippen LogP contribution in [0, 0.1) is 10.1 Å². The van der Waals surface area contributed by atoms with Crippen LogP contribution in [-0.4, -0.2) is 27.1 Å². The van der Waals surface area contributed by atoms with E-state index in [9.17, 15) is 14.9 Å². The van der Waals surface area contributed by atoms with E-state index in [1.165, 1.54) is 13.3 Å². The monoisotopic (exact) mass is 277 g/mol. The molecule has 0 aliphatic carbocycles. The van der Waals surface area contributed by atoms with E-state index in [0.29, 0.717) is 17.9 Å². The fourth-order valence-corrected chi connectivity index (χ4v) is 1.55. The number of aromatic amines is 1. The second-order valence-electron chi connectivity index (χ2n) is 3.84. The molecule has 9 heteroatoms. The highest BCUT2D eigenvalue weighted by atomic mass is 16.7. The van der Waals surface area contributed by atoms with E-state index < -0.39 is 10.6 Å². The van der Waals surface area contributed by atoms with Gasteiger partial charge in [0.1, 0.15) is 0 Å². The predicted molar refractivity (Wildman–Crippen MR) is 69.1 cm³/mol. The van der Waals surface area contributed by atoms with Gasteiger partial charge >= 0.3 is 0 Å². The Hall–Kier alpha value is -2.97. The molecule has 0 aliphatic heterocycles. The molecule has 0 radical (unpaired) electrons. The molecule has 0 amide bonds. The molecular formula is C11H11N5O4. The number of methoxy groups -OCH3 is 1. The first kappa shape index (κ1) is 13.5. The van der Waals surface area contributed by atoms with Crippen molar-refractivity contribution in [2.24, 2.45) is 0 Å². The van der Waals surface area contributed by atoms with E-state index in [2.05, 4.69) is 15.0 Å². The molecule has 0 saturated carbocycles. The van der Waals surface area contributed by atoms with E-state index in [-0.39, 0.29) is 5.95 Å². The molecule has 0 bridgehead atoms. The molecular weight excluding hydrogens is 266 g/mol. The van der Waals surface area contributed by atoms with Crippen LogP contribution in [0.3, 0.4) is 0 Å². The number of hydrogen-bond acceptors (Lipinski definition) is 6. The Labute approximate surface area is 112 Å². The normalized spacial score (nSPS) is 10.1. The summed E-state index contributed by atoms with van der Waals surface area (Å²) in [7, 11) is 1.51. The average Bonchev–Trinajstić information content (AvgIpc) is 2.42. The lowest BCUT2D eigenvalue weighted by Crippen LogP contribution is -2.19. The van der Waals surface area contributed by atoms with E-state index in [1.807, 2.05) is 0 Å². The van der Waals surface area contributed by atoms with Crippen LogP contribution in [0.15, 0.2) is 29.3 Å². The number of H-pyrrole nitrogens is 1. The molecule has 2 rings (SSSR count). The van der Waals surface area contributed by atoms with Gasteiger partial charge < -0.3 is 4.74 Å². The number of aromatic nitrogens is 3. The van der Waals surface area contributed by atoms with E-state index in [1.54, 1.807) is 23.8 Å². The summed E-state index contributed by atoms with van der Waals surface area (Å²) in [5.74, 6) is 0.267. The topological polar surface area (TPSA) is 123 Å². The molecule has 0 fully saturated rings. The van der Waals surface area contributed by atoms with Crippen molar-refractivity contribution < 1.29 is 9.77 Å². The van der Waals surface area contributed by atoms with E-state index in [0.717, 1.165) is 5.56 Å². The van der Waals surface area contributed by atoms with Crippen LogP contribution < -0.4 is 15.7 Å². The van der Waals surface area contributed by atoms with Crippen molar-refractivity contribution >= 4 is 5.95 Å². The number of nitrogens with one attached hydrogen (secondary N) is 2. The zero-order valence-electron chi connectivity index (χ0n) is 10.5. The van der Waals surface area contributed by atoms with Crippen LogP contribution in [0.2, 0.25) is 0 Å². The number of hydrogen-bond donors (Lipinski definition) is 2. The largest absolute Gasteiger partial charge is 0.481 e. The lowest BCUT2D eigenvalue weighted by molar-refractivity contribution is -0.446.